The van der Waals surface area contributed by atoms with Crippen LogP contribution in [-0.2, 0) is 0 Å². The Balaban J connectivity index is 2.08. The first-order valence-corrected chi connectivity index (χ1v) is 7.13. The van der Waals surface area contributed by atoms with Crippen molar-refractivity contribution in [3.05, 3.63) is 84.7 Å². The number of hydrogen-bond donors (Lipinski definition) is 0. The quantitative estimate of drug-likeness (QED) is 0.649. The summed E-state index contributed by atoms with van der Waals surface area (Å²) in [5.41, 5.74) is 3.49. The second-order valence-corrected chi connectivity index (χ2v) is 4.96. The first-order chi connectivity index (χ1) is 10.8. The minimum Gasteiger partial charge on any atom is -0.309 e. The molecule has 3 rings (SSSR count). The van der Waals surface area contributed by atoms with Gasteiger partial charge in [-0.3, -0.25) is 9.78 Å². The van der Waals surface area contributed by atoms with E-state index in [-0.39, 0.29) is 5.78 Å². The van der Waals surface area contributed by atoms with Crippen LogP contribution >= 0.6 is 0 Å². The molecule has 1 aromatic heterocycles. The van der Waals surface area contributed by atoms with Crippen LogP contribution in [0.25, 0.3) is 0 Å². The zero-order valence-electron chi connectivity index (χ0n) is 12.3. The van der Waals surface area contributed by atoms with E-state index in [1.54, 1.807) is 12.3 Å². The number of nitrogens with zero attached hydrogens (tertiary/aromatic N) is 2. The van der Waals surface area contributed by atoms with Crippen molar-refractivity contribution in [3.8, 4) is 0 Å². The third kappa shape index (κ3) is 2.88. The van der Waals surface area contributed by atoms with Crippen molar-refractivity contribution in [2.45, 2.75) is 6.92 Å². The van der Waals surface area contributed by atoms with Crippen molar-refractivity contribution in [1.29, 1.82) is 0 Å². The molecule has 3 nitrogen and oxygen atoms in total. The van der Waals surface area contributed by atoms with Gasteiger partial charge in [0, 0.05) is 18.3 Å². The van der Waals surface area contributed by atoms with Crippen molar-refractivity contribution in [3.63, 3.8) is 0 Å². The van der Waals surface area contributed by atoms with E-state index in [1.165, 1.54) is 6.92 Å². The highest BCUT2D eigenvalue weighted by Crippen LogP contribution is 2.33. The van der Waals surface area contributed by atoms with E-state index < -0.39 is 0 Å². The predicted molar refractivity (Wildman–Crippen MR) is 88.9 cm³/mol. The highest BCUT2D eigenvalue weighted by atomic mass is 16.1. The molecule has 0 N–H and O–H groups in total. The van der Waals surface area contributed by atoms with Crippen LogP contribution in [-0.4, -0.2) is 10.8 Å². The number of Topliss-reactive ketones (excluding diaryl/α,β-unsaturated/α-hetero) is 1. The average Bonchev–Trinajstić information content (AvgIpc) is 2.57. The molecule has 2 aromatic carbocycles. The molecule has 0 aliphatic carbocycles. The maximum Gasteiger partial charge on any atom is 0.178 e. The Morgan fingerprint density at radius 3 is 1.73 bits per heavy atom. The number of pyridine rings is 1. The fourth-order valence-corrected chi connectivity index (χ4v) is 2.33. The minimum atomic E-state index is -0.0301. The van der Waals surface area contributed by atoms with Crippen LogP contribution in [0.4, 0.5) is 17.1 Å². The Morgan fingerprint density at radius 1 is 0.773 bits per heavy atom. The highest BCUT2D eigenvalue weighted by molar-refractivity contribution is 5.92. The highest BCUT2D eigenvalue weighted by Gasteiger charge is 2.12. The van der Waals surface area contributed by atoms with Gasteiger partial charge in [-0.1, -0.05) is 36.4 Å². The lowest BCUT2D eigenvalue weighted by Crippen LogP contribution is -2.10. The molecule has 22 heavy (non-hydrogen) atoms. The van der Waals surface area contributed by atoms with Crippen molar-refractivity contribution < 1.29 is 4.79 Å². The first-order valence-electron chi connectivity index (χ1n) is 7.13. The van der Waals surface area contributed by atoms with Gasteiger partial charge < -0.3 is 4.90 Å². The molecular formula is C19H16N2O. The zero-order valence-corrected chi connectivity index (χ0v) is 12.3. The maximum atomic E-state index is 11.4. The molecule has 0 saturated heterocycles. The summed E-state index contributed by atoms with van der Waals surface area (Å²) < 4.78 is 0. The molecule has 0 aliphatic rings. The van der Waals surface area contributed by atoms with Crippen LogP contribution < -0.4 is 4.90 Å². The molecule has 108 valence electrons. The predicted octanol–water partition coefficient (Wildman–Crippen LogP) is 4.75. The Kier molecular flexibility index (Phi) is 3.97. The lowest BCUT2D eigenvalue weighted by atomic mass is 10.2. The number of rotatable bonds is 4. The summed E-state index contributed by atoms with van der Waals surface area (Å²) in [5.74, 6) is -0.0301. The Morgan fingerprint density at radius 2 is 1.32 bits per heavy atom. The molecule has 3 heteroatoms. The van der Waals surface area contributed by atoms with Crippen molar-refractivity contribution in [2.24, 2.45) is 0 Å². The van der Waals surface area contributed by atoms with Gasteiger partial charge in [-0.2, -0.15) is 0 Å². The van der Waals surface area contributed by atoms with Gasteiger partial charge in [0.2, 0.25) is 0 Å². The smallest absolute Gasteiger partial charge is 0.178 e. The van der Waals surface area contributed by atoms with E-state index in [0.29, 0.717) is 5.69 Å². The molecule has 3 aromatic rings. The summed E-state index contributed by atoms with van der Waals surface area (Å²) in [6, 6.07) is 23.9. The van der Waals surface area contributed by atoms with E-state index >= 15 is 0 Å². The number of ketones is 1. The van der Waals surface area contributed by atoms with Crippen molar-refractivity contribution in [1.82, 2.24) is 4.98 Å². The second-order valence-electron chi connectivity index (χ2n) is 4.96. The minimum absolute atomic E-state index is 0.0301. The molecule has 0 amide bonds. The van der Waals surface area contributed by atoms with Crippen LogP contribution in [0.5, 0.6) is 0 Å². The standard InChI is InChI=1S/C19H16N2O/c1-15(22)19-13-12-18(14-20-19)21(16-8-4-2-5-9-16)17-10-6-3-7-11-17/h2-14H,1H3. The summed E-state index contributed by atoms with van der Waals surface area (Å²) in [6.45, 7) is 1.52. The van der Waals surface area contributed by atoms with Gasteiger partial charge in [0.1, 0.15) is 5.69 Å². The van der Waals surface area contributed by atoms with Gasteiger partial charge in [0.15, 0.2) is 5.78 Å². The van der Waals surface area contributed by atoms with Crippen molar-refractivity contribution in [2.75, 3.05) is 4.90 Å². The van der Waals surface area contributed by atoms with Gasteiger partial charge >= 0.3 is 0 Å². The summed E-state index contributed by atoms with van der Waals surface area (Å²) in [4.78, 5) is 17.8. The Bertz CT molecular complexity index is 713. The number of carbonyl (C=O) groups is 1. The third-order valence-electron chi connectivity index (χ3n) is 3.40. The number of anilines is 3. The second kappa shape index (κ2) is 6.22. The summed E-state index contributed by atoms with van der Waals surface area (Å²) in [6.07, 6.45) is 1.73. The topological polar surface area (TPSA) is 33.2 Å². The van der Waals surface area contributed by atoms with Crippen LogP contribution in [0.3, 0.4) is 0 Å². The number of carbonyl (C=O) groups excluding carboxylic acids is 1. The van der Waals surface area contributed by atoms with Crippen LogP contribution in [0, 0.1) is 0 Å². The maximum absolute atomic E-state index is 11.4. The molecule has 0 saturated carbocycles. The van der Waals surface area contributed by atoms with Crippen LogP contribution in [0.1, 0.15) is 17.4 Å². The summed E-state index contributed by atoms with van der Waals surface area (Å²) in [5, 5.41) is 0. The molecule has 0 radical (unpaired) electrons. The van der Waals surface area contributed by atoms with Crippen molar-refractivity contribution >= 4 is 22.8 Å². The fraction of sp³-hybridized carbons (Fsp3) is 0.0526. The van der Waals surface area contributed by atoms with Gasteiger partial charge in [0.25, 0.3) is 0 Å². The Labute approximate surface area is 129 Å². The van der Waals surface area contributed by atoms with Gasteiger partial charge in [-0.15, -0.1) is 0 Å². The zero-order chi connectivity index (χ0) is 15.4. The molecule has 0 atom stereocenters. The molecule has 0 spiro atoms. The largest absolute Gasteiger partial charge is 0.309 e. The lowest BCUT2D eigenvalue weighted by Gasteiger charge is -2.25. The SMILES string of the molecule is CC(=O)c1ccc(N(c2ccccc2)c2ccccc2)cn1. The number of benzene rings is 2. The first kappa shape index (κ1) is 14.0. The molecule has 0 unspecified atom stereocenters. The Hall–Kier alpha value is -2.94. The lowest BCUT2D eigenvalue weighted by molar-refractivity contribution is 0.101. The van der Waals surface area contributed by atoms with E-state index in [9.17, 15) is 4.79 Å². The molecular weight excluding hydrogens is 272 g/mol. The van der Waals surface area contributed by atoms with Gasteiger partial charge in [0.05, 0.1) is 11.9 Å². The molecule has 0 bridgehead atoms. The summed E-state index contributed by atoms with van der Waals surface area (Å²) >= 11 is 0. The number of para-hydroxylation sites is 2. The van der Waals surface area contributed by atoms with E-state index in [4.69, 9.17) is 0 Å². The fourth-order valence-electron chi connectivity index (χ4n) is 2.33. The van der Waals surface area contributed by atoms with Gasteiger partial charge in [-0.25, -0.2) is 0 Å². The molecule has 0 aliphatic heterocycles. The monoisotopic (exact) mass is 288 g/mol. The normalized spacial score (nSPS) is 10.2. The van der Waals surface area contributed by atoms with Crippen LogP contribution in [0.2, 0.25) is 0 Å². The van der Waals surface area contributed by atoms with Crippen LogP contribution in [0.15, 0.2) is 79.0 Å². The molecule has 1 heterocycles. The number of hydrogen-bond acceptors (Lipinski definition) is 3. The molecule has 0 fully saturated rings. The van der Waals surface area contributed by atoms with Gasteiger partial charge in [-0.05, 0) is 36.4 Å². The van der Waals surface area contributed by atoms with E-state index in [0.717, 1.165) is 17.1 Å². The van der Waals surface area contributed by atoms with E-state index in [2.05, 4.69) is 9.88 Å². The summed E-state index contributed by atoms with van der Waals surface area (Å²) in [7, 11) is 0. The van der Waals surface area contributed by atoms with E-state index in [1.807, 2.05) is 66.7 Å². The number of aromatic nitrogens is 1. The third-order valence-corrected chi connectivity index (χ3v) is 3.40. The average molecular weight is 288 g/mol.